The van der Waals surface area contributed by atoms with Crippen LogP contribution in [0.4, 0.5) is 0 Å². The van der Waals surface area contributed by atoms with Crippen molar-refractivity contribution in [1.82, 2.24) is 5.32 Å². The Bertz CT molecular complexity index is 505. The van der Waals surface area contributed by atoms with Crippen LogP contribution in [0.15, 0.2) is 40.6 Å². The SMILES string of the molecule is Cc1ccc(C)c(SCCNC(C)c2cccs2)c1. The smallest absolute Gasteiger partial charge is 0.0386 e. The normalized spacial score (nSPS) is 12.6. The fourth-order valence-electron chi connectivity index (χ4n) is 1.94. The number of hydrogen-bond acceptors (Lipinski definition) is 3. The summed E-state index contributed by atoms with van der Waals surface area (Å²) >= 11 is 3.76. The van der Waals surface area contributed by atoms with Gasteiger partial charge < -0.3 is 5.32 Å². The van der Waals surface area contributed by atoms with Gasteiger partial charge in [-0.25, -0.2) is 0 Å². The van der Waals surface area contributed by atoms with Gasteiger partial charge >= 0.3 is 0 Å². The van der Waals surface area contributed by atoms with Crippen LogP contribution in [-0.4, -0.2) is 12.3 Å². The molecular weight excluding hydrogens is 270 g/mol. The third-order valence-corrected chi connectivity index (χ3v) is 5.34. The van der Waals surface area contributed by atoms with Crippen molar-refractivity contribution in [3.05, 3.63) is 51.7 Å². The molecule has 0 aliphatic heterocycles. The van der Waals surface area contributed by atoms with Crippen molar-refractivity contribution in [2.75, 3.05) is 12.3 Å². The van der Waals surface area contributed by atoms with Crippen molar-refractivity contribution in [3.8, 4) is 0 Å². The molecule has 1 nitrogen and oxygen atoms in total. The fraction of sp³-hybridized carbons (Fsp3) is 0.375. The minimum atomic E-state index is 0.458. The highest BCUT2D eigenvalue weighted by molar-refractivity contribution is 7.99. The van der Waals surface area contributed by atoms with Crippen LogP contribution >= 0.6 is 23.1 Å². The first-order valence-corrected chi connectivity index (χ1v) is 8.50. The summed E-state index contributed by atoms with van der Waals surface area (Å²) in [6, 6.07) is 11.4. The number of aryl methyl sites for hydroxylation is 2. The van der Waals surface area contributed by atoms with E-state index in [9.17, 15) is 0 Å². The van der Waals surface area contributed by atoms with Crippen LogP contribution in [0.3, 0.4) is 0 Å². The van der Waals surface area contributed by atoms with Gasteiger partial charge in [-0.2, -0.15) is 0 Å². The Morgan fingerprint density at radius 2 is 2.11 bits per heavy atom. The Morgan fingerprint density at radius 3 is 2.84 bits per heavy atom. The quantitative estimate of drug-likeness (QED) is 0.605. The van der Waals surface area contributed by atoms with Gasteiger partial charge in [0.1, 0.15) is 0 Å². The first kappa shape index (κ1) is 14.6. The lowest BCUT2D eigenvalue weighted by atomic mass is 10.2. The van der Waals surface area contributed by atoms with Crippen LogP contribution in [0.2, 0.25) is 0 Å². The first-order valence-electron chi connectivity index (χ1n) is 6.63. The van der Waals surface area contributed by atoms with Crippen LogP contribution < -0.4 is 5.32 Å². The van der Waals surface area contributed by atoms with E-state index < -0.39 is 0 Å². The lowest BCUT2D eigenvalue weighted by Crippen LogP contribution is -2.20. The number of rotatable bonds is 6. The molecule has 1 unspecified atom stereocenters. The van der Waals surface area contributed by atoms with Crippen molar-refractivity contribution in [1.29, 1.82) is 0 Å². The van der Waals surface area contributed by atoms with E-state index in [1.165, 1.54) is 20.9 Å². The van der Waals surface area contributed by atoms with Crippen molar-refractivity contribution in [3.63, 3.8) is 0 Å². The molecule has 0 aliphatic carbocycles. The van der Waals surface area contributed by atoms with E-state index in [0.29, 0.717) is 6.04 Å². The van der Waals surface area contributed by atoms with Crippen molar-refractivity contribution in [2.45, 2.75) is 31.7 Å². The second-order valence-corrected chi connectivity index (χ2v) is 6.92. The van der Waals surface area contributed by atoms with Crippen molar-refractivity contribution >= 4 is 23.1 Å². The molecule has 1 heterocycles. The maximum atomic E-state index is 3.58. The van der Waals surface area contributed by atoms with Crippen LogP contribution in [0.1, 0.15) is 29.0 Å². The van der Waals surface area contributed by atoms with Crippen molar-refractivity contribution in [2.24, 2.45) is 0 Å². The topological polar surface area (TPSA) is 12.0 Å². The molecule has 0 spiro atoms. The van der Waals surface area contributed by atoms with Crippen LogP contribution in [-0.2, 0) is 0 Å². The molecule has 1 aromatic carbocycles. The molecule has 0 fully saturated rings. The van der Waals surface area contributed by atoms with Crippen LogP contribution in [0, 0.1) is 13.8 Å². The molecule has 19 heavy (non-hydrogen) atoms. The predicted octanol–water partition coefficient (Wildman–Crippen LogP) is 4.81. The van der Waals surface area contributed by atoms with Gasteiger partial charge in [-0.3, -0.25) is 0 Å². The van der Waals surface area contributed by atoms with Gasteiger partial charge in [-0.05, 0) is 43.8 Å². The molecule has 0 saturated carbocycles. The predicted molar refractivity (Wildman–Crippen MR) is 87.4 cm³/mol. The lowest BCUT2D eigenvalue weighted by molar-refractivity contribution is 0.610. The number of benzene rings is 1. The van der Waals surface area contributed by atoms with E-state index in [1.807, 2.05) is 23.1 Å². The van der Waals surface area contributed by atoms with Crippen LogP contribution in [0.5, 0.6) is 0 Å². The molecule has 0 aliphatic rings. The molecule has 2 aromatic rings. The second kappa shape index (κ2) is 7.13. The van der Waals surface area contributed by atoms with Gasteiger partial charge in [0, 0.05) is 28.1 Å². The minimum Gasteiger partial charge on any atom is -0.309 e. The standard InChI is InChI=1S/C16H21NS2/c1-12-6-7-13(2)16(11-12)19-10-8-17-14(3)15-5-4-9-18-15/h4-7,9,11,14,17H,8,10H2,1-3H3. The monoisotopic (exact) mass is 291 g/mol. The van der Waals surface area contributed by atoms with E-state index in [2.05, 4.69) is 61.8 Å². The fourth-order valence-corrected chi connectivity index (χ4v) is 3.70. The molecule has 1 aromatic heterocycles. The Kier molecular flexibility index (Phi) is 5.49. The summed E-state index contributed by atoms with van der Waals surface area (Å²) < 4.78 is 0. The molecule has 102 valence electrons. The van der Waals surface area contributed by atoms with Gasteiger partial charge in [-0.15, -0.1) is 23.1 Å². The summed E-state index contributed by atoms with van der Waals surface area (Å²) in [5.74, 6) is 1.11. The van der Waals surface area contributed by atoms with Gasteiger partial charge in [0.15, 0.2) is 0 Å². The van der Waals surface area contributed by atoms with E-state index >= 15 is 0 Å². The summed E-state index contributed by atoms with van der Waals surface area (Å²) in [6.45, 7) is 7.61. The summed E-state index contributed by atoms with van der Waals surface area (Å²) in [6.07, 6.45) is 0. The zero-order valence-electron chi connectivity index (χ0n) is 11.8. The summed E-state index contributed by atoms with van der Waals surface area (Å²) in [5.41, 5.74) is 2.72. The maximum absolute atomic E-state index is 3.58. The highest BCUT2D eigenvalue weighted by Gasteiger charge is 2.05. The average molecular weight is 291 g/mol. The highest BCUT2D eigenvalue weighted by atomic mass is 32.2. The number of nitrogens with one attached hydrogen (secondary N) is 1. The Morgan fingerprint density at radius 1 is 1.26 bits per heavy atom. The van der Waals surface area contributed by atoms with Gasteiger partial charge in [0.05, 0.1) is 0 Å². The maximum Gasteiger partial charge on any atom is 0.0386 e. The molecule has 1 N–H and O–H groups in total. The lowest BCUT2D eigenvalue weighted by Gasteiger charge is -2.12. The van der Waals surface area contributed by atoms with E-state index in [0.717, 1.165) is 12.3 Å². The Hall–Kier alpha value is -0.770. The average Bonchev–Trinajstić information content (AvgIpc) is 2.92. The van der Waals surface area contributed by atoms with Crippen LogP contribution in [0.25, 0.3) is 0 Å². The molecular formula is C16H21NS2. The summed E-state index contributed by atoms with van der Waals surface area (Å²) in [5, 5.41) is 5.72. The van der Waals surface area contributed by atoms with E-state index in [1.54, 1.807) is 0 Å². The van der Waals surface area contributed by atoms with Crippen molar-refractivity contribution < 1.29 is 0 Å². The third kappa shape index (κ3) is 4.37. The largest absolute Gasteiger partial charge is 0.309 e. The highest BCUT2D eigenvalue weighted by Crippen LogP contribution is 2.23. The second-order valence-electron chi connectivity index (χ2n) is 4.81. The Labute approximate surface area is 124 Å². The molecule has 1 atom stereocenters. The molecule has 3 heteroatoms. The zero-order chi connectivity index (χ0) is 13.7. The van der Waals surface area contributed by atoms with Gasteiger partial charge in [-0.1, -0.05) is 23.8 Å². The number of thiophene rings is 1. The van der Waals surface area contributed by atoms with Gasteiger partial charge in [0.25, 0.3) is 0 Å². The molecule has 0 amide bonds. The zero-order valence-corrected chi connectivity index (χ0v) is 13.4. The molecule has 0 saturated heterocycles. The summed E-state index contributed by atoms with van der Waals surface area (Å²) in [7, 11) is 0. The third-order valence-electron chi connectivity index (χ3n) is 3.12. The number of hydrogen-bond donors (Lipinski definition) is 1. The number of thioether (sulfide) groups is 1. The van der Waals surface area contributed by atoms with E-state index in [-0.39, 0.29) is 0 Å². The summed E-state index contributed by atoms with van der Waals surface area (Å²) in [4.78, 5) is 2.82. The molecule has 2 rings (SSSR count). The Balaban J connectivity index is 1.76. The minimum absolute atomic E-state index is 0.458. The molecule has 0 bridgehead atoms. The van der Waals surface area contributed by atoms with E-state index in [4.69, 9.17) is 0 Å². The molecule has 0 radical (unpaired) electrons. The van der Waals surface area contributed by atoms with Gasteiger partial charge in [0.2, 0.25) is 0 Å². The first-order chi connectivity index (χ1) is 9.16.